The topological polar surface area (TPSA) is 20.2 Å². The predicted molar refractivity (Wildman–Crippen MR) is 65.4 cm³/mol. The summed E-state index contributed by atoms with van der Waals surface area (Å²) < 4.78 is 1.01. The van der Waals surface area contributed by atoms with Crippen LogP contribution in [0.15, 0.2) is 27.4 Å². The van der Waals surface area contributed by atoms with Gasteiger partial charge in [0, 0.05) is 4.88 Å². The van der Waals surface area contributed by atoms with Gasteiger partial charge in [-0.05, 0) is 39.5 Å². The molecule has 1 N–H and O–H groups in total. The predicted octanol–water partition coefficient (Wildman–Crippen LogP) is 4.31. The highest BCUT2D eigenvalue weighted by Crippen LogP contribution is 2.36. The molecule has 1 nitrogen and oxygen atoms in total. The Morgan fingerprint density at radius 3 is 2.64 bits per heavy atom. The number of hydrogen-bond acceptors (Lipinski definition) is 3. The Labute approximate surface area is 103 Å². The Morgan fingerprint density at radius 2 is 2.14 bits per heavy atom. The molecule has 0 amide bonds. The Bertz CT molecular complexity index is 437. The van der Waals surface area contributed by atoms with Crippen LogP contribution in [0.4, 0.5) is 0 Å². The monoisotopic (exact) mass is 308 g/mol. The van der Waals surface area contributed by atoms with E-state index >= 15 is 0 Å². The van der Waals surface area contributed by atoms with E-state index in [-0.39, 0.29) is 0 Å². The van der Waals surface area contributed by atoms with Gasteiger partial charge in [0.15, 0.2) is 0 Å². The molecule has 5 heteroatoms. The lowest BCUT2D eigenvalue weighted by molar-refractivity contribution is 0.228. The lowest BCUT2D eigenvalue weighted by Gasteiger charge is -2.05. The largest absolute Gasteiger partial charge is 0.382 e. The van der Waals surface area contributed by atoms with E-state index in [2.05, 4.69) is 15.9 Å². The molecule has 2 aromatic heterocycles. The van der Waals surface area contributed by atoms with E-state index in [1.807, 2.05) is 17.5 Å². The lowest BCUT2D eigenvalue weighted by Crippen LogP contribution is -1.93. The average molecular weight is 310 g/mol. The summed E-state index contributed by atoms with van der Waals surface area (Å²) in [7, 11) is 0. The van der Waals surface area contributed by atoms with Crippen LogP contribution >= 0.6 is 50.2 Å². The molecule has 0 aliphatic carbocycles. The summed E-state index contributed by atoms with van der Waals surface area (Å²) in [5, 5.41) is 12.5. The standard InChI is InChI=1S/C9H6BrClOS2/c10-7-2-1-6(14-7)8(12)9-5(11)3-4-13-9/h1-4,8,12H. The van der Waals surface area contributed by atoms with Gasteiger partial charge in [0.1, 0.15) is 6.10 Å². The Balaban J connectivity index is 2.33. The zero-order chi connectivity index (χ0) is 10.1. The van der Waals surface area contributed by atoms with Crippen LogP contribution in [-0.4, -0.2) is 5.11 Å². The van der Waals surface area contributed by atoms with Gasteiger partial charge in [-0.1, -0.05) is 11.6 Å². The molecule has 1 unspecified atom stereocenters. The smallest absolute Gasteiger partial charge is 0.124 e. The summed E-state index contributed by atoms with van der Waals surface area (Å²) in [5.74, 6) is 0. The van der Waals surface area contributed by atoms with Crippen molar-refractivity contribution in [3.8, 4) is 0 Å². The molecule has 2 aromatic rings. The highest BCUT2D eigenvalue weighted by atomic mass is 79.9. The molecule has 2 heterocycles. The van der Waals surface area contributed by atoms with Crippen LogP contribution in [0.2, 0.25) is 5.02 Å². The maximum atomic E-state index is 9.99. The molecule has 2 rings (SSSR count). The highest BCUT2D eigenvalue weighted by Gasteiger charge is 2.16. The fraction of sp³-hybridized carbons (Fsp3) is 0.111. The van der Waals surface area contributed by atoms with Gasteiger partial charge < -0.3 is 5.11 Å². The second kappa shape index (κ2) is 4.33. The quantitative estimate of drug-likeness (QED) is 0.876. The van der Waals surface area contributed by atoms with E-state index in [1.165, 1.54) is 22.7 Å². The minimum Gasteiger partial charge on any atom is -0.382 e. The summed E-state index contributed by atoms with van der Waals surface area (Å²) >= 11 is 12.3. The summed E-state index contributed by atoms with van der Waals surface area (Å²) in [6, 6.07) is 5.62. The molecule has 0 fully saturated rings. The van der Waals surface area contributed by atoms with Gasteiger partial charge in [-0.25, -0.2) is 0 Å². The zero-order valence-corrected chi connectivity index (χ0v) is 10.9. The van der Waals surface area contributed by atoms with Gasteiger partial charge >= 0.3 is 0 Å². The molecule has 1 atom stereocenters. The van der Waals surface area contributed by atoms with Crippen molar-refractivity contribution < 1.29 is 5.11 Å². The molecular formula is C9H6BrClOS2. The molecule has 0 saturated heterocycles. The number of aliphatic hydroxyl groups excluding tert-OH is 1. The van der Waals surface area contributed by atoms with Crippen LogP contribution < -0.4 is 0 Å². The van der Waals surface area contributed by atoms with Crippen LogP contribution in [0.1, 0.15) is 15.9 Å². The summed E-state index contributed by atoms with van der Waals surface area (Å²) in [6.07, 6.45) is -0.598. The van der Waals surface area contributed by atoms with E-state index in [9.17, 15) is 5.11 Å². The highest BCUT2D eigenvalue weighted by molar-refractivity contribution is 9.11. The third-order valence-corrected chi connectivity index (χ3v) is 4.84. The van der Waals surface area contributed by atoms with Crippen molar-refractivity contribution in [2.24, 2.45) is 0 Å². The third-order valence-electron chi connectivity index (χ3n) is 1.76. The number of halogens is 2. The van der Waals surface area contributed by atoms with Gasteiger partial charge in [-0.3, -0.25) is 0 Å². The second-order valence-electron chi connectivity index (χ2n) is 2.68. The van der Waals surface area contributed by atoms with Crippen molar-refractivity contribution in [3.05, 3.63) is 42.1 Å². The van der Waals surface area contributed by atoms with Crippen molar-refractivity contribution >= 4 is 50.2 Å². The molecule has 74 valence electrons. The van der Waals surface area contributed by atoms with Crippen LogP contribution in [-0.2, 0) is 0 Å². The van der Waals surface area contributed by atoms with Gasteiger partial charge in [0.2, 0.25) is 0 Å². The Morgan fingerprint density at radius 1 is 1.36 bits per heavy atom. The molecule has 0 aromatic carbocycles. The summed E-state index contributed by atoms with van der Waals surface area (Å²) in [4.78, 5) is 1.71. The van der Waals surface area contributed by atoms with Gasteiger partial charge in [-0.15, -0.1) is 22.7 Å². The van der Waals surface area contributed by atoms with Crippen molar-refractivity contribution in [2.45, 2.75) is 6.10 Å². The lowest BCUT2D eigenvalue weighted by atomic mass is 10.2. The number of rotatable bonds is 2. The second-order valence-corrected chi connectivity index (χ2v) is 6.53. The van der Waals surface area contributed by atoms with Crippen molar-refractivity contribution in [3.63, 3.8) is 0 Å². The number of hydrogen-bond donors (Lipinski definition) is 1. The van der Waals surface area contributed by atoms with Crippen molar-refractivity contribution in [2.75, 3.05) is 0 Å². The maximum Gasteiger partial charge on any atom is 0.124 e. The first kappa shape index (κ1) is 10.6. The van der Waals surface area contributed by atoms with E-state index < -0.39 is 6.10 Å². The van der Waals surface area contributed by atoms with Crippen LogP contribution in [0.25, 0.3) is 0 Å². The van der Waals surface area contributed by atoms with E-state index in [1.54, 1.807) is 6.07 Å². The maximum absolute atomic E-state index is 9.99. The van der Waals surface area contributed by atoms with E-state index in [4.69, 9.17) is 11.6 Å². The summed E-state index contributed by atoms with van der Waals surface area (Å²) in [5.41, 5.74) is 0. The number of aliphatic hydroxyl groups is 1. The zero-order valence-electron chi connectivity index (χ0n) is 6.91. The molecule has 0 aliphatic rings. The van der Waals surface area contributed by atoms with E-state index in [0.717, 1.165) is 13.5 Å². The van der Waals surface area contributed by atoms with Crippen LogP contribution in [0, 0.1) is 0 Å². The average Bonchev–Trinajstić information content (AvgIpc) is 2.73. The van der Waals surface area contributed by atoms with Crippen LogP contribution in [0.3, 0.4) is 0 Å². The van der Waals surface area contributed by atoms with Gasteiger partial charge in [-0.2, -0.15) is 0 Å². The first-order chi connectivity index (χ1) is 6.68. The molecule has 0 aliphatic heterocycles. The van der Waals surface area contributed by atoms with E-state index in [0.29, 0.717) is 5.02 Å². The first-order valence-electron chi connectivity index (χ1n) is 3.84. The normalized spacial score (nSPS) is 13.1. The minimum atomic E-state index is -0.598. The number of thiophene rings is 2. The molecule has 0 saturated carbocycles. The fourth-order valence-corrected chi connectivity index (χ4v) is 3.76. The summed E-state index contributed by atoms with van der Waals surface area (Å²) in [6.45, 7) is 0. The third kappa shape index (κ3) is 2.04. The minimum absolute atomic E-state index is 0.598. The van der Waals surface area contributed by atoms with Gasteiger partial charge in [0.05, 0.1) is 13.7 Å². The molecular weight excluding hydrogens is 304 g/mol. The molecule has 0 spiro atoms. The molecule has 0 bridgehead atoms. The Kier molecular flexibility index (Phi) is 3.29. The van der Waals surface area contributed by atoms with Crippen LogP contribution in [0.5, 0.6) is 0 Å². The van der Waals surface area contributed by atoms with Crippen molar-refractivity contribution in [1.82, 2.24) is 0 Å². The molecule has 0 radical (unpaired) electrons. The fourth-order valence-electron chi connectivity index (χ4n) is 1.10. The Hall–Kier alpha value is 0.130. The van der Waals surface area contributed by atoms with Crippen molar-refractivity contribution in [1.29, 1.82) is 0 Å². The van der Waals surface area contributed by atoms with Gasteiger partial charge in [0.25, 0.3) is 0 Å². The molecule has 14 heavy (non-hydrogen) atoms. The SMILES string of the molecule is OC(c1ccc(Br)s1)c1sccc1Cl. The first-order valence-corrected chi connectivity index (χ1v) is 6.71.